The van der Waals surface area contributed by atoms with Gasteiger partial charge in [-0.2, -0.15) is 0 Å². The molecule has 1 aromatic rings. The predicted octanol–water partition coefficient (Wildman–Crippen LogP) is 3.80. The molecule has 206 valence electrons. The van der Waals surface area contributed by atoms with Crippen LogP contribution in [-0.4, -0.2) is 52.9 Å². The van der Waals surface area contributed by atoms with E-state index in [4.69, 9.17) is 10.5 Å². The second-order valence-electron chi connectivity index (χ2n) is 11.0. The fourth-order valence-electron chi connectivity index (χ4n) is 4.59. The third-order valence-corrected chi connectivity index (χ3v) is 6.50. The zero-order valence-corrected chi connectivity index (χ0v) is 23.2. The molecule has 1 aliphatic rings. The molecule has 2 atom stereocenters. The van der Waals surface area contributed by atoms with Gasteiger partial charge in [0.05, 0.1) is 6.42 Å². The number of nitrogens with zero attached hydrogens (tertiary/aromatic N) is 1. The van der Waals surface area contributed by atoms with Gasteiger partial charge in [-0.25, -0.2) is 4.79 Å². The Kier molecular flexibility index (Phi) is 10.9. The highest BCUT2D eigenvalue weighted by molar-refractivity contribution is 5.94. The lowest BCUT2D eigenvalue weighted by Gasteiger charge is -2.35. The molecule has 0 aliphatic heterocycles. The number of benzene rings is 1. The Hall–Kier alpha value is -3.10. The van der Waals surface area contributed by atoms with Crippen molar-refractivity contribution >= 4 is 23.8 Å². The number of carbonyl (C=O) groups excluding carboxylic acids is 4. The van der Waals surface area contributed by atoms with Gasteiger partial charge in [0.2, 0.25) is 17.7 Å². The molecule has 4 N–H and O–H groups in total. The van der Waals surface area contributed by atoms with E-state index in [1.807, 2.05) is 39.0 Å². The van der Waals surface area contributed by atoms with E-state index < -0.39 is 42.0 Å². The first-order valence-corrected chi connectivity index (χ1v) is 13.3. The van der Waals surface area contributed by atoms with Crippen LogP contribution in [0.2, 0.25) is 0 Å². The maximum absolute atomic E-state index is 13.9. The molecule has 0 heterocycles. The minimum atomic E-state index is -1.27. The molecule has 9 nitrogen and oxygen atoms in total. The van der Waals surface area contributed by atoms with Gasteiger partial charge in [0.25, 0.3) is 0 Å². The van der Waals surface area contributed by atoms with Crippen molar-refractivity contribution in [3.05, 3.63) is 34.9 Å². The largest absolute Gasteiger partial charge is 0.444 e. The molecule has 0 aromatic heterocycles. The van der Waals surface area contributed by atoms with E-state index in [1.54, 1.807) is 20.8 Å². The molecule has 9 heteroatoms. The van der Waals surface area contributed by atoms with Gasteiger partial charge in [-0.05, 0) is 70.6 Å². The van der Waals surface area contributed by atoms with Gasteiger partial charge in [-0.3, -0.25) is 14.4 Å². The van der Waals surface area contributed by atoms with E-state index in [9.17, 15) is 19.2 Å². The summed E-state index contributed by atoms with van der Waals surface area (Å²) in [4.78, 5) is 53.5. The maximum atomic E-state index is 13.9. The number of carbonyl (C=O) groups is 4. The van der Waals surface area contributed by atoms with Crippen LogP contribution in [0.15, 0.2) is 18.2 Å². The number of amides is 4. The summed E-state index contributed by atoms with van der Waals surface area (Å²) >= 11 is 0. The summed E-state index contributed by atoms with van der Waals surface area (Å²) in [5.74, 6) is -1.58. The van der Waals surface area contributed by atoms with Gasteiger partial charge in [-0.1, -0.05) is 44.4 Å². The van der Waals surface area contributed by atoms with Crippen molar-refractivity contribution in [1.29, 1.82) is 0 Å². The lowest BCUT2D eigenvalue weighted by atomic mass is 9.94. The molecule has 1 saturated carbocycles. The number of nitrogens with one attached hydrogen (secondary N) is 2. The van der Waals surface area contributed by atoms with Crippen LogP contribution in [0.25, 0.3) is 0 Å². The first kappa shape index (κ1) is 30.1. The van der Waals surface area contributed by atoms with E-state index >= 15 is 0 Å². The Morgan fingerprint density at radius 2 is 1.73 bits per heavy atom. The number of rotatable bonds is 10. The van der Waals surface area contributed by atoms with Crippen molar-refractivity contribution in [3.63, 3.8) is 0 Å². The predicted molar refractivity (Wildman–Crippen MR) is 143 cm³/mol. The summed E-state index contributed by atoms with van der Waals surface area (Å²) in [5.41, 5.74) is 7.38. The summed E-state index contributed by atoms with van der Waals surface area (Å²) in [5, 5.41) is 5.67. The fourth-order valence-corrected chi connectivity index (χ4v) is 4.59. The second kappa shape index (κ2) is 13.4. The highest BCUT2D eigenvalue weighted by Gasteiger charge is 2.37. The highest BCUT2D eigenvalue weighted by Crippen LogP contribution is 2.27. The molecule has 0 bridgehead atoms. The zero-order chi connectivity index (χ0) is 27.8. The minimum absolute atomic E-state index is 0.0511. The van der Waals surface area contributed by atoms with Gasteiger partial charge < -0.3 is 26.0 Å². The summed E-state index contributed by atoms with van der Waals surface area (Å²) < 4.78 is 5.31. The van der Waals surface area contributed by atoms with E-state index in [2.05, 4.69) is 10.6 Å². The number of hydrogen-bond acceptors (Lipinski definition) is 5. The number of primary amides is 1. The van der Waals surface area contributed by atoms with Crippen LogP contribution >= 0.6 is 0 Å². The van der Waals surface area contributed by atoms with Crippen LogP contribution in [0.1, 0.15) is 95.4 Å². The minimum Gasteiger partial charge on any atom is -0.444 e. The Morgan fingerprint density at radius 3 is 2.27 bits per heavy atom. The Morgan fingerprint density at radius 1 is 1.08 bits per heavy atom. The van der Waals surface area contributed by atoms with Crippen molar-refractivity contribution in [2.75, 3.05) is 6.54 Å². The first-order valence-electron chi connectivity index (χ1n) is 13.3. The maximum Gasteiger partial charge on any atom is 0.408 e. The monoisotopic (exact) mass is 516 g/mol. The third-order valence-electron chi connectivity index (χ3n) is 6.50. The first-order chi connectivity index (χ1) is 17.3. The number of alkyl carbamates (subject to hydrolysis) is 1. The molecule has 4 amide bonds. The fraction of sp³-hybridized carbons (Fsp3) is 0.643. The van der Waals surface area contributed by atoms with Crippen LogP contribution in [-0.2, 0) is 19.1 Å². The average Bonchev–Trinajstić information content (AvgIpc) is 2.79. The van der Waals surface area contributed by atoms with Crippen molar-refractivity contribution in [2.24, 2.45) is 5.73 Å². The van der Waals surface area contributed by atoms with E-state index in [1.165, 1.54) is 4.90 Å². The van der Waals surface area contributed by atoms with Crippen molar-refractivity contribution in [1.82, 2.24) is 15.5 Å². The number of hydrogen-bond donors (Lipinski definition) is 3. The molecular formula is C28H44N4O5. The molecule has 2 unspecified atom stereocenters. The molecule has 1 aliphatic carbocycles. The Labute approximate surface area is 220 Å². The molecule has 1 fully saturated rings. The van der Waals surface area contributed by atoms with Crippen molar-refractivity contribution in [3.8, 4) is 0 Å². The van der Waals surface area contributed by atoms with Gasteiger partial charge in [0.1, 0.15) is 17.7 Å². The van der Waals surface area contributed by atoms with Gasteiger partial charge in [0.15, 0.2) is 0 Å². The molecule has 1 aromatic carbocycles. The molecule has 2 rings (SSSR count). The second-order valence-corrected chi connectivity index (χ2v) is 11.0. The highest BCUT2D eigenvalue weighted by atomic mass is 16.6. The van der Waals surface area contributed by atoms with Crippen LogP contribution in [0.5, 0.6) is 0 Å². The smallest absolute Gasteiger partial charge is 0.408 e. The van der Waals surface area contributed by atoms with Gasteiger partial charge in [-0.15, -0.1) is 0 Å². The Balaban J connectivity index is 2.46. The average molecular weight is 517 g/mol. The summed E-state index contributed by atoms with van der Waals surface area (Å²) in [6, 6.07) is 3.56. The van der Waals surface area contributed by atoms with Gasteiger partial charge in [0, 0.05) is 12.6 Å². The lowest BCUT2D eigenvalue weighted by molar-refractivity contribution is -0.143. The van der Waals surface area contributed by atoms with Crippen molar-refractivity contribution < 1.29 is 23.9 Å². The molecular weight excluding hydrogens is 472 g/mol. The number of nitrogens with two attached hydrogens (primary N) is 1. The molecule has 0 spiro atoms. The Bertz CT molecular complexity index is 966. The van der Waals surface area contributed by atoms with Crippen molar-refractivity contribution in [2.45, 2.75) is 110 Å². The number of aryl methyl sites for hydroxylation is 2. The van der Waals surface area contributed by atoms with Crippen LogP contribution < -0.4 is 16.4 Å². The van der Waals surface area contributed by atoms with Gasteiger partial charge >= 0.3 is 6.09 Å². The normalized spacial score (nSPS) is 15.8. The van der Waals surface area contributed by atoms with Crippen LogP contribution in [0.4, 0.5) is 4.79 Å². The van der Waals surface area contributed by atoms with Crippen LogP contribution in [0.3, 0.4) is 0 Å². The summed E-state index contributed by atoms with van der Waals surface area (Å²) in [7, 11) is 0. The quantitative estimate of drug-likeness (QED) is 0.435. The molecule has 0 radical (unpaired) electrons. The standard InChI is InChI=1S/C28H44N4O5/c1-7-15-32(26(35)22(17-23(29)33)31-27(36)37-28(4,5)6)24(20-14-13-18(2)19(3)16-20)25(34)30-21-11-9-8-10-12-21/h13-14,16,21-22,24H,7-12,15,17H2,1-6H3,(H2,29,33)(H,30,34)(H,31,36). The lowest BCUT2D eigenvalue weighted by Crippen LogP contribution is -2.55. The molecule has 37 heavy (non-hydrogen) atoms. The topological polar surface area (TPSA) is 131 Å². The summed E-state index contributed by atoms with van der Waals surface area (Å²) in [6.07, 6.45) is 4.38. The molecule has 0 saturated heterocycles. The third kappa shape index (κ3) is 9.37. The number of ether oxygens (including phenoxy) is 1. The zero-order valence-electron chi connectivity index (χ0n) is 23.2. The van der Waals surface area contributed by atoms with E-state index in [-0.39, 0.29) is 18.5 Å². The van der Waals surface area contributed by atoms with E-state index in [0.29, 0.717) is 12.0 Å². The van der Waals surface area contributed by atoms with Crippen LogP contribution in [0, 0.1) is 13.8 Å². The van der Waals surface area contributed by atoms with E-state index in [0.717, 1.165) is 43.2 Å². The summed E-state index contributed by atoms with van der Waals surface area (Å²) in [6.45, 7) is 11.2. The SMILES string of the molecule is CCCN(C(=O)C(CC(N)=O)NC(=O)OC(C)(C)C)C(C(=O)NC1CCCCC1)c1ccc(C)c(C)c1.